The molecule has 5 atom stereocenters. The van der Waals surface area contributed by atoms with Crippen molar-refractivity contribution in [2.75, 3.05) is 25.6 Å². The van der Waals surface area contributed by atoms with Crippen molar-refractivity contribution in [1.82, 2.24) is 0 Å². The zero-order valence-corrected chi connectivity index (χ0v) is 49.1. The number of hydrogen-bond acceptors (Lipinski definition) is 10. The molecule has 3 aliphatic rings. The molecule has 406 valence electrons. The fourth-order valence-electron chi connectivity index (χ4n) is 11.1. The van der Waals surface area contributed by atoms with Crippen LogP contribution in [-0.2, 0) is 80.3 Å². The molecule has 0 aliphatic heterocycles. The average molecular weight is 1030 g/mol. The molecule has 3 aromatic rings. The minimum atomic E-state index is -0.283. The second-order valence-electron chi connectivity index (χ2n) is 27.7. The summed E-state index contributed by atoms with van der Waals surface area (Å²) in [6.07, 6.45) is 5.12. The van der Waals surface area contributed by atoms with Crippen molar-refractivity contribution in [2.45, 2.75) is 220 Å². The summed E-state index contributed by atoms with van der Waals surface area (Å²) in [5.74, 6) is 1.39. The number of hydrogen-bond donors (Lipinski definition) is 3. The Morgan fingerprint density at radius 1 is 0.466 bits per heavy atom. The number of phenols is 3. The minimum absolute atomic E-state index is 0.0000307. The van der Waals surface area contributed by atoms with E-state index in [-0.39, 0.29) is 112 Å². The second kappa shape index (κ2) is 23.0. The molecule has 0 heterocycles. The van der Waals surface area contributed by atoms with Crippen LogP contribution >= 0.6 is 11.8 Å². The van der Waals surface area contributed by atoms with Gasteiger partial charge in [-0.05, 0) is 133 Å². The van der Waals surface area contributed by atoms with Gasteiger partial charge in [-0.3, -0.25) is 14.4 Å². The van der Waals surface area contributed by atoms with E-state index >= 15 is 0 Å². The second-order valence-corrected chi connectivity index (χ2v) is 29.0. The summed E-state index contributed by atoms with van der Waals surface area (Å²) in [5, 5.41) is 34.0. The van der Waals surface area contributed by atoms with Crippen molar-refractivity contribution >= 4 is 29.7 Å². The molecule has 3 fully saturated rings. The fourth-order valence-corrected chi connectivity index (χ4v) is 12.5. The van der Waals surface area contributed by atoms with Crippen molar-refractivity contribution < 1.29 is 43.9 Å². The topological polar surface area (TPSA) is 140 Å². The summed E-state index contributed by atoms with van der Waals surface area (Å²) in [4.78, 5) is 40.4. The third-order valence-electron chi connectivity index (χ3n) is 15.4. The van der Waals surface area contributed by atoms with Crippen LogP contribution in [0.5, 0.6) is 17.2 Å². The predicted molar refractivity (Wildman–Crippen MR) is 298 cm³/mol. The van der Waals surface area contributed by atoms with Gasteiger partial charge in [-0.15, -0.1) is 0 Å². The first kappa shape index (κ1) is 59.7. The molecule has 0 spiro atoms. The molecule has 10 heteroatoms. The zero-order valence-electron chi connectivity index (χ0n) is 48.2. The monoisotopic (exact) mass is 1030 g/mol. The van der Waals surface area contributed by atoms with E-state index in [4.69, 9.17) is 14.2 Å². The zero-order chi connectivity index (χ0) is 54.8. The Bertz CT molecular complexity index is 2320. The molecular weight excluding hydrogens is 933 g/mol. The van der Waals surface area contributed by atoms with Gasteiger partial charge in [0.05, 0.1) is 13.2 Å². The molecule has 0 amide bonds. The summed E-state index contributed by atoms with van der Waals surface area (Å²) in [7, 11) is 0. The number of fused-ring (bicyclic) bond motifs is 3. The maximum atomic E-state index is 13.7. The summed E-state index contributed by atoms with van der Waals surface area (Å²) >= 11 is 1.83. The molecule has 6 rings (SSSR count). The minimum Gasteiger partial charge on any atom is -0.507 e. The lowest BCUT2D eigenvalue weighted by Crippen LogP contribution is -2.50. The SMILES string of the molecule is CC(C)(C)c1cc(CCC(=O)OCCSC2CC3CCC2C(COC(=O)CCc2cc(C(C)(C)C)c(O)c(C(C)(C)C)c2)C3COC(=O)CCc2cc(C(C)(C)C)c(O)c(C(C)(C)C)c2)cc(C(C)(C)C)c1O. The number of thioether (sulfide) groups is 1. The van der Waals surface area contributed by atoms with Gasteiger partial charge < -0.3 is 29.5 Å². The van der Waals surface area contributed by atoms with Crippen LogP contribution < -0.4 is 0 Å². The normalized spacial score (nSPS) is 19.7. The highest BCUT2D eigenvalue weighted by molar-refractivity contribution is 7.99. The highest BCUT2D eigenvalue weighted by Crippen LogP contribution is 2.53. The van der Waals surface area contributed by atoms with Crippen molar-refractivity contribution in [3.63, 3.8) is 0 Å². The highest BCUT2D eigenvalue weighted by Gasteiger charge is 2.49. The fraction of sp³-hybridized carbons (Fsp3) is 0.667. The van der Waals surface area contributed by atoms with Gasteiger partial charge in [0.2, 0.25) is 0 Å². The molecule has 0 saturated heterocycles. The molecule has 0 radical (unpaired) electrons. The first-order chi connectivity index (χ1) is 33.5. The van der Waals surface area contributed by atoms with Gasteiger partial charge in [-0.1, -0.05) is 161 Å². The van der Waals surface area contributed by atoms with E-state index in [1.54, 1.807) is 0 Å². The van der Waals surface area contributed by atoms with Crippen LogP contribution in [0.15, 0.2) is 36.4 Å². The first-order valence-electron chi connectivity index (χ1n) is 27.2. The molecule has 9 nitrogen and oxygen atoms in total. The van der Waals surface area contributed by atoms with Crippen molar-refractivity contribution in [1.29, 1.82) is 0 Å². The summed E-state index contributed by atoms with van der Waals surface area (Å²) in [5.41, 5.74) is 6.58. The lowest BCUT2D eigenvalue weighted by atomic mass is 9.58. The third-order valence-corrected chi connectivity index (χ3v) is 16.7. The van der Waals surface area contributed by atoms with Gasteiger partial charge in [-0.25, -0.2) is 0 Å². The number of esters is 3. The molecule has 3 N–H and O–H groups in total. The van der Waals surface area contributed by atoms with Crippen molar-refractivity contribution in [2.24, 2.45) is 23.7 Å². The molecule has 5 unspecified atom stereocenters. The van der Waals surface area contributed by atoms with Crippen LogP contribution in [0.25, 0.3) is 0 Å². The van der Waals surface area contributed by atoms with Gasteiger partial charge >= 0.3 is 17.9 Å². The quantitative estimate of drug-likeness (QED) is 0.0680. The number of rotatable bonds is 17. The number of ether oxygens (including phenoxy) is 3. The van der Waals surface area contributed by atoms with Crippen LogP contribution in [0, 0.1) is 23.7 Å². The van der Waals surface area contributed by atoms with Gasteiger partial charge in [-0.2, -0.15) is 11.8 Å². The molecule has 0 aromatic heterocycles. The molecule has 3 aliphatic carbocycles. The van der Waals surface area contributed by atoms with E-state index in [0.29, 0.717) is 48.9 Å². The van der Waals surface area contributed by atoms with E-state index in [9.17, 15) is 29.7 Å². The summed E-state index contributed by atoms with van der Waals surface area (Å²) in [6, 6.07) is 12.2. The Kier molecular flexibility index (Phi) is 18.8. The number of phenolic OH excluding ortho intramolecular Hbond substituents is 3. The predicted octanol–water partition coefficient (Wildman–Crippen LogP) is 14.2. The maximum Gasteiger partial charge on any atom is 0.306 e. The largest absolute Gasteiger partial charge is 0.507 e. The van der Waals surface area contributed by atoms with Gasteiger partial charge in [0, 0.05) is 42.1 Å². The number of carbonyl (C=O) groups is 3. The number of carbonyl (C=O) groups excluding carboxylic acids is 3. The Morgan fingerprint density at radius 2 is 0.767 bits per heavy atom. The van der Waals surface area contributed by atoms with Crippen LogP contribution in [0.2, 0.25) is 0 Å². The van der Waals surface area contributed by atoms with E-state index < -0.39 is 0 Å². The van der Waals surface area contributed by atoms with Crippen molar-refractivity contribution in [3.05, 3.63) is 86.5 Å². The summed E-state index contributed by atoms with van der Waals surface area (Å²) < 4.78 is 18.1. The Hall–Kier alpha value is -4.18. The van der Waals surface area contributed by atoms with Gasteiger partial charge in [0.1, 0.15) is 23.9 Å². The van der Waals surface area contributed by atoms with Crippen LogP contribution in [-0.4, -0.2) is 64.1 Å². The Balaban J connectivity index is 1.25. The Morgan fingerprint density at radius 3 is 1.08 bits per heavy atom. The van der Waals surface area contributed by atoms with E-state index in [2.05, 4.69) is 125 Å². The van der Waals surface area contributed by atoms with E-state index in [1.807, 2.05) is 48.2 Å². The lowest BCUT2D eigenvalue weighted by molar-refractivity contribution is -0.155. The maximum absolute atomic E-state index is 13.7. The summed E-state index contributed by atoms with van der Waals surface area (Å²) in [6.45, 7) is 38.4. The Labute approximate surface area is 444 Å². The van der Waals surface area contributed by atoms with E-state index in [1.165, 1.54) is 0 Å². The van der Waals surface area contributed by atoms with Crippen LogP contribution in [0.4, 0.5) is 0 Å². The molecule has 73 heavy (non-hydrogen) atoms. The van der Waals surface area contributed by atoms with Crippen molar-refractivity contribution in [3.8, 4) is 17.2 Å². The number of benzene rings is 3. The standard InChI is InChI=1S/C63H94O9S/c1-58(2,3)45-29-38(30-46(55(45)67)59(4,5)6)19-24-52(64)70-27-28-73-51-35-41-22-23-42(51)44(37-72-54(66)26-21-40-33-49(62(13,14)15)57(69)50(34-40)63(16,17)18)43(41)36-71-53(65)25-20-39-31-47(60(7,8)9)56(68)48(32-39)61(10,11)12/h29-34,41-44,51,67-69H,19-28,35-37H2,1-18H3. The molecule has 3 aromatic carbocycles. The molecular formula is C63H94O9S. The van der Waals surface area contributed by atoms with Crippen LogP contribution in [0.1, 0.15) is 213 Å². The average Bonchev–Trinajstić information content (AvgIpc) is 3.25. The molecule has 3 saturated carbocycles. The highest BCUT2D eigenvalue weighted by atomic mass is 32.2. The van der Waals surface area contributed by atoms with Crippen LogP contribution in [0.3, 0.4) is 0 Å². The third kappa shape index (κ3) is 15.7. The first-order valence-corrected chi connectivity index (χ1v) is 28.2. The number of aromatic hydroxyl groups is 3. The lowest BCUT2D eigenvalue weighted by Gasteiger charge is -2.52. The number of aryl methyl sites for hydroxylation is 3. The van der Waals surface area contributed by atoms with Gasteiger partial charge in [0.25, 0.3) is 0 Å². The smallest absolute Gasteiger partial charge is 0.306 e. The molecule has 2 bridgehead atoms. The van der Waals surface area contributed by atoms with E-state index in [0.717, 1.165) is 69.3 Å². The van der Waals surface area contributed by atoms with Gasteiger partial charge in [0.15, 0.2) is 0 Å².